The highest BCUT2D eigenvalue weighted by molar-refractivity contribution is 5.57. The van der Waals surface area contributed by atoms with Gasteiger partial charge < -0.3 is 20.4 Å². The molecular weight excluding hydrogens is 240 g/mol. The summed E-state index contributed by atoms with van der Waals surface area (Å²) in [6.45, 7) is 3.45. The lowest BCUT2D eigenvalue weighted by atomic mass is 10.2. The number of aryl methyl sites for hydroxylation is 1. The molecule has 0 spiro atoms. The van der Waals surface area contributed by atoms with Crippen LogP contribution in [0.15, 0.2) is 36.8 Å². The molecule has 19 heavy (non-hydrogen) atoms. The lowest BCUT2D eigenvalue weighted by Gasteiger charge is -2.20. The van der Waals surface area contributed by atoms with E-state index in [4.69, 9.17) is 10.5 Å². The fraction of sp³-hybridized carbons (Fsp3) is 0.357. The number of nitrogens with one attached hydrogen (secondary N) is 1. The Hall–Kier alpha value is -2.01. The minimum atomic E-state index is 0.0127. The largest absolute Gasteiger partial charge is 0.495 e. The van der Waals surface area contributed by atoms with E-state index in [1.54, 1.807) is 7.11 Å². The molecule has 5 nitrogen and oxygen atoms in total. The van der Waals surface area contributed by atoms with Gasteiger partial charge in [0.2, 0.25) is 0 Å². The van der Waals surface area contributed by atoms with Crippen LogP contribution in [0.3, 0.4) is 0 Å². The van der Waals surface area contributed by atoms with Crippen molar-refractivity contribution >= 4 is 5.69 Å². The van der Waals surface area contributed by atoms with Crippen molar-refractivity contribution in [1.29, 1.82) is 0 Å². The average Bonchev–Trinajstić information content (AvgIpc) is 2.93. The molecule has 1 heterocycles. The molecule has 0 amide bonds. The second-order valence-electron chi connectivity index (χ2n) is 4.24. The number of hydrogen-bond acceptors (Lipinski definition) is 4. The molecule has 5 heteroatoms. The fourth-order valence-corrected chi connectivity index (χ4v) is 2.09. The smallest absolute Gasteiger partial charge is 0.141 e. The Labute approximate surface area is 113 Å². The minimum Gasteiger partial charge on any atom is -0.495 e. The number of ether oxygens (including phenoxy) is 1. The van der Waals surface area contributed by atoms with E-state index >= 15 is 0 Å². The monoisotopic (exact) mass is 260 g/mol. The van der Waals surface area contributed by atoms with Crippen LogP contribution in [-0.2, 0) is 6.54 Å². The first-order valence-corrected chi connectivity index (χ1v) is 6.39. The summed E-state index contributed by atoms with van der Waals surface area (Å²) in [5, 5.41) is 3.41. The third-order valence-corrected chi connectivity index (χ3v) is 3.11. The van der Waals surface area contributed by atoms with Gasteiger partial charge in [-0.2, -0.15) is 0 Å². The van der Waals surface area contributed by atoms with Gasteiger partial charge in [-0.05, 0) is 19.1 Å². The summed E-state index contributed by atoms with van der Waals surface area (Å²) in [7, 11) is 1.66. The van der Waals surface area contributed by atoms with Crippen molar-refractivity contribution in [3.05, 3.63) is 42.5 Å². The first-order valence-electron chi connectivity index (χ1n) is 6.39. The van der Waals surface area contributed by atoms with Crippen LogP contribution in [0, 0.1) is 0 Å². The maximum atomic E-state index is 5.88. The van der Waals surface area contributed by atoms with Crippen molar-refractivity contribution in [2.75, 3.05) is 19.0 Å². The van der Waals surface area contributed by atoms with E-state index < -0.39 is 0 Å². The zero-order valence-corrected chi connectivity index (χ0v) is 11.3. The summed E-state index contributed by atoms with van der Waals surface area (Å²) in [4.78, 5) is 4.18. The summed E-state index contributed by atoms with van der Waals surface area (Å²) in [6.07, 6.45) is 3.67. The van der Waals surface area contributed by atoms with Crippen molar-refractivity contribution in [3.63, 3.8) is 0 Å². The summed E-state index contributed by atoms with van der Waals surface area (Å²) in [6, 6.07) is 7.83. The molecule has 0 aliphatic carbocycles. The number of nitrogens with zero attached hydrogens (tertiary/aromatic N) is 2. The fourth-order valence-electron chi connectivity index (χ4n) is 2.09. The van der Waals surface area contributed by atoms with Crippen LogP contribution in [0.25, 0.3) is 0 Å². The Morgan fingerprint density at radius 1 is 1.42 bits per heavy atom. The van der Waals surface area contributed by atoms with E-state index in [-0.39, 0.29) is 6.04 Å². The lowest BCUT2D eigenvalue weighted by Crippen LogP contribution is -2.23. The number of benzene rings is 1. The maximum Gasteiger partial charge on any atom is 0.141 e. The van der Waals surface area contributed by atoms with E-state index in [2.05, 4.69) is 21.8 Å². The summed E-state index contributed by atoms with van der Waals surface area (Å²) < 4.78 is 7.42. The standard InChI is InChI=1S/C14H20N4O/c1-3-18-10-16-9-13(18)12(8-15)17-11-6-4-5-7-14(11)19-2/h4-7,9-10,12,17H,3,8,15H2,1-2H3. The molecule has 1 unspecified atom stereocenters. The Balaban J connectivity index is 2.24. The molecule has 102 valence electrons. The van der Waals surface area contributed by atoms with E-state index in [0.29, 0.717) is 6.54 Å². The van der Waals surface area contributed by atoms with Crippen molar-refractivity contribution in [3.8, 4) is 5.75 Å². The summed E-state index contributed by atoms with van der Waals surface area (Å²) in [5.74, 6) is 0.809. The van der Waals surface area contributed by atoms with Gasteiger partial charge in [0.25, 0.3) is 0 Å². The number of nitrogens with two attached hydrogens (primary N) is 1. The van der Waals surface area contributed by atoms with Gasteiger partial charge in [-0.3, -0.25) is 0 Å². The van der Waals surface area contributed by atoms with Crippen molar-refractivity contribution in [2.45, 2.75) is 19.5 Å². The van der Waals surface area contributed by atoms with Gasteiger partial charge in [-0.15, -0.1) is 0 Å². The predicted molar refractivity (Wildman–Crippen MR) is 76.3 cm³/mol. The number of rotatable bonds is 6. The van der Waals surface area contributed by atoms with E-state index in [0.717, 1.165) is 23.7 Å². The molecule has 2 aromatic rings. The summed E-state index contributed by atoms with van der Waals surface area (Å²) >= 11 is 0. The van der Waals surface area contributed by atoms with Gasteiger partial charge in [0.05, 0.1) is 37.1 Å². The van der Waals surface area contributed by atoms with Crippen LogP contribution in [0.2, 0.25) is 0 Å². The van der Waals surface area contributed by atoms with Gasteiger partial charge in [0.1, 0.15) is 5.75 Å². The number of para-hydroxylation sites is 2. The number of aromatic nitrogens is 2. The SMILES string of the molecule is CCn1cncc1C(CN)Nc1ccccc1OC. The van der Waals surface area contributed by atoms with Crippen LogP contribution >= 0.6 is 0 Å². The number of methoxy groups -OCH3 is 1. The molecule has 0 aliphatic rings. The van der Waals surface area contributed by atoms with Crippen molar-refractivity contribution in [1.82, 2.24) is 9.55 Å². The Morgan fingerprint density at radius 3 is 2.89 bits per heavy atom. The van der Waals surface area contributed by atoms with Gasteiger partial charge in [0, 0.05) is 13.1 Å². The average molecular weight is 260 g/mol. The normalized spacial score (nSPS) is 12.2. The van der Waals surface area contributed by atoms with Crippen LogP contribution in [0.5, 0.6) is 5.75 Å². The van der Waals surface area contributed by atoms with Crippen LogP contribution < -0.4 is 15.8 Å². The molecule has 1 aromatic carbocycles. The Bertz CT molecular complexity index is 524. The number of hydrogen-bond donors (Lipinski definition) is 2. The lowest BCUT2D eigenvalue weighted by molar-refractivity contribution is 0.416. The third-order valence-electron chi connectivity index (χ3n) is 3.11. The first kappa shape index (κ1) is 13.4. The first-order chi connectivity index (χ1) is 9.30. The van der Waals surface area contributed by atoms with E-state index in [1.807, 2.05) is 36.8 Å². The topological polar surface area (TPSA) is 65.1 Å². The third kappa shape index (κ3) is 2.88. The van der Waals surface area contributed by atoms with E-state index in [9.17, 15) is 0 Å². The number of imidazole rings is 1. The Kier molecular flexibility index (Phi) is 4.41. The van der Waals surface area contributed by atoms with Crippen LogP contribution in [0.4, 0.5) is 5.69 Å². The second kappa shape index (κ2) is 6.24. The molecule has 0 bridgehead atoms. The number of anilines is 1. The molecule has 1 aromatic heterocycles. The Morgan fingerprint density at radius 2 is 2.21 bits per heavy atom. The minimum absolute atomic E-state index is 0.0127. The van der Waals surface area contributed by atoms with Gasteiger partial charge in [-0.25, -0.2) is 4.98 Å². The molecule has 1 atom stereocenters. The van der Waals surface area contributed by atoms with Gasteiger partial charge in [-0.1, -0.05) is 12.1 Å². The van der Waals surface area contributed by atoms with Gasteiger partial charge in [0.15, 0.2) is 0 Å². The molecule has 0 saturated heterocycles. The highest BCUT2D eigenvalue weighted by Crippen LogP contribution is 2.27. The highest BCUT2D eigenvalue weighted by Gasteiger charge is 2.15. The highest BCUT2D eigenvalue weighted by atomic mass is 16.5. The maximum absolute atomic E-state index is 5.88. The molecule has 0 fully saturated rings. The zero-order chi connectivity index (χ0) is 13.7. The zero-order valence-electron chi connectivity index (χ0n) is 11.3. The molecule has 0 saturated carbocycles. The van der Waals surface area contributed by atoms with Crippen LogP contribution in [-0.4, -0.2) is 23.2 Å². The van der Waals surface area contributed by atoms with E-state index in [1.165, 1.54) is 0 Å². The second-order valence-corrected chi connectivity index (χ2v) is 4.24. The van der Waals surface area contributed by atoms with Crippen molar-refractivity contribution < 1.29 is 4.74 Å². The molecule has 3 N–H and O–H groups in total. The van der Waals surface area contributed by atoms with Crippen molar-refractivity contribution in [2.24, 2.45) is 5.73 Å². The molecule has 0 radical (unpaired) electrons. The summed E-state index contributed by atoms with van der Waals surface area (Å²) in [5.41, 5.74) is 7.90. The quantitative estimate of drug-likeness (QED) is 0.834. The van der Waals surface area contributed by atoms with Gasteiger partial charge >= 0.3 is 0 Å². The molecular formula is C14H20N4O. The molecule has 0 aliphatic heterocycles. The molecule has 2 rings (SSSR count). The van der Waals surface area contributed by atoms with Crippen LogP contribution in [0.1, 0.15) is 18.7 Å². The predicted octanol–water partition coefficient (Wildman–Crippen LogP) is 2.02.